The van der Waals surface area contributed by atoms with Crippen molar-refractivity contribution in [2.75, 3.05) is 13.2 Å². The molecule has 2 atom stereocenters. The van der Waals surface area contributed by atoms with Crippen LogP contribution in [0.1, 0.15) is 64.8 Å². The number of hydrogen-bond acceptors (Lipinski definition) is 8. The SMILES string of the molecule is CC1=C(C(=O)OC(C)C)C(c2c(OCCOc3ccc4ccccc4c3C3NC(=S)NC(C)=C3C(=O)OC(C)C)ccc3ccccc23)NC(=S)N1. The van der Waals surface area contributed by atoms with Gasteiger partial charge in [-0.05, 0) is 99.7 Å². The Morgan fingerprint density at radius 2 is 1.00 bits per heavy atom. The van der Waals surface area contributed by atoms with E-state index in [4.69, 9.17) is 43.4 Å². The van der Waals surface area contributed by atoms with Crippen molar-refractivity contribution in [3.05, 3.63) is 106 Å². The monoisotopic (exact) mass is 738 g/mol. The van der Waals surface area contributed by atoms with Crippen molar-refractivity contribution < 1.29 is 28.5 Å². The van der Waals surface area contributed by atoms with E-state index in [1.165, 1.54) is 0 Å². The number of fused-ring (bicyclic) bond motifs is 2. The summed E-state index contributed by atoms with van der Waals surface area (Å²) in [5.74, 6) is 0.234. The summed E-state index contributed by atoms with van der Waals surface area (Å²) in [6, 6.07) is 22.3. The molecular weight excluding hydrogens is 697 g/mol. The quantitative estimate of drug-likeness (QED) is 0.0726. The largest absolute Gasteiger partial charge is 0.490 e. The van der Waals surface area contributed by atoms with E-state index in [2.05, 4.69) is 21.3 Å². The van der Waals surface area contributed by atoms with Crippen LogP contribution < -0.4 is 30.7 Å². The second kappa shape index (κ2) is 15.6. The summed E-state index contributed by atoms with van der Waals surface area (Å²) >= 11 is 11.1. The molecule has 4 N–H and O–H groups in total. The number of nitrogens with one attached hydrogen (secondary N) is 4. The zero-order valence-corrected chi connectivity index (χ0v) is 31.6. The minimum Gasteiger partial charge on any atom is -0.490 e. The van der Waals surface area contributed by atoms with Crippen molar-refractivity contribution in [3.8, 4) is 11.5 Å². The summed E-state index contributed by atoms with van der Waals surface area (Å²) in [6.45, 7) is 11.2. The van der Waals surface area contributed by atoms with E-state index in [-0.39, 0.29) is 25.4 Å². The molecule has 2 heterocycles. The number of thiocarbonyl (C=S) groups is 2. The maximum atomic E-state index is 13.5. The molecule has 0 bridgehead atoms. The molecule has 52 heavy (non-hydrogen) atoms. The maximum absolute atomic E-state index is 13.5. The third kappa shape index (κ3) is 7.68. The van der Waals surface area contributed by atoms with E-state index in [0.29, 0.717) is 44.3 Å². The highest BCUT2D eigenvalue weighted by Gasteiger charge is 2.36. The molecule has 0 spiro atoms. The Hall–Kier alpha value is -5.20. The molecule has 0 fully saturated rings. The Labute approximate surface area is 313 Å². The lowest BCUT2D eigenvalue weighted by Gasteiger charge is -2.32. The number of esters is 2. The van der Waals surface area contributed by atoms with Gasteiger partial charge in [0, 0.05) is 22.5 Å². The van der Waals surface area contributed by atoms with Crippen molar-refractivity contribution in [1.29, 1.82) is 0 Å². The van der Waals surface area contributed by atoms with Gasteiger partial charge in [-0.15, -0.1) is 0 Å². The molecule has 0 amide bonds. The van der Waals surface area contributed by atoms with Crippen LogP contribution in [0.25, 0.3) is 21.5 Å². The first kappa shape index (κ1) is 36.6. The topological polar surface area (TPSA) is 119 Å². The minimum atomic E-state index is -0.636. The molecule has 6 rings (SSSR count). The van der Waals surface area contributed by atoms with E-state index in [1.54, 1.807) is 0 Å². The third-order valence-corrected chi connectivity index (χ3v) is 9.14. The normalized spacial score (nSPS) is 17.5. The second-order valence-corrected chi connectivity index (χ2v) is 14.0. The smallest absolute Gasteiger partial charge is 0.338 e. The molecule has 10 nitrogen and oxygen atoms in total. The summed E-state index contributed by atoms with van der Waals surface area (Å²) in [5, 5.41) is 17.3. The average Bonchev–Trinajstić information content (AvgIpc) is 3.08. The molecule has 270 valence electrons. The molecule has 0 radical (unpaired) electrons. The lowest BCUT2D eigenvalue weighted by Crippen LogP contribution is -2.45. The Kier molecular flexibility index (Phi) is 11.0. The van der Waals surface area contributed by atoms with Gasteiger partial charge in [-0.1, -0.05) is 60.7 Å². The first-order chi connectivity index (χ1) is 24.9. The van der Waals surface area contributed by atoms with E-state index in [1.807, 2.05) is 114 Å². The summed E-state index contributed by atoms with van der Waals surface area (Å²) in [6.07, 6.45) is -0.621. The minimum absolute atomic E-state index is 0.163. The van der Waals surface area contributed by atoms with E-state index < -0.39 is 24.0 Å². The van der Waals surface area contributed by atoms with Crippen LogP contribution in [-0.2, 0) is 19.1 Å². The third-order valence-electron chi connectivity index (χ3n) is 8.70. The zero-order valence-electron chi connectivity index (χ0n) is 29.9. The van der Waals surface area contributed by atoms with Crippen LogP contribution in [0.3, 0.4) is 0 Å². The highest BCUT2D eigenvalue weighted by Crippen LogP contribution is 2.41. The highest BCUT2D eigenvalue weighted by atomic mass is 32.1. The maximum Gasteiger partial charge on any atom is 0.338 e. The van der Waals surface area contributed by atoms with Gasteiger partial charge in [-0.25, -0.2) is 9.59 Å². The van der Waals surface area contributed by atoms with Gasteiger partial charge in [0.15, 0.2) is 10.2 Å². The molecule has 4 aromatic carbocycles. The van der Waals surface area contributed by atoms with Crippen LogP contribution in [0.5, 0.6) is 11.5 Å². The fourth-order valence-corrected chi connectivity index (χ4v) is 7.16. The van der Waals surface area contributed by atoms with Crippen LogP contribution in [0.2, 0.25) is 0 Å². The molecule has 2 aliphatic heterocycles. The first-order valence-electron chi connectivity index (χ1n) is 17.2. The van der Waals surface area contributed by atoms with Gasteiger partial charge in [-0.2, -0.15) is 0 Å². The van der Waals surface area contributed by atoms with E-state index in [0.717, 1.165) is 32.7 Å². The molecule has 0 aromatic heterocycles. The molecular formula is C40H42N4O6S2. The van der Waals surface area contributed by atoms with Gasteiger partial charge >= 0.3 is 11.9 Å². The van der Waals surface area contributed by atoms with Gasteiger partial charge in [0.25, 0.3) is 0 Å². The van der Waals surface area contributed by atoms with E-state index in [9.17, 15) is 9.59 Å². The predicted octanol–water partition coefficient (Wildman–Crippen LogP) is 6.94. The Bertz CT molecular complexity index is 1990. The number of rotatable bonds is 11. The summed E-state index contributed by atoms with van der Waals surface area (Å²) in [7, 11) is 0. The van der Waals surface area contributed by atoms with Gasteiger partial charge in [-0.3, -0.25) is 0 Å². The standard InChI is InChI=1S/C40H42N4O6S2/c1-21(2)49-37(45)31-23(5)41-39(51)43-35(31)33-27-13-9-7-11-25(27)15-17-29(33)47-19-20-48-30-18-16-26-12-8-10-14-28(26)34(30)36-32(38(46)50-22(3)4)24(6)42-40(52)44-36/h7-18,21-22,35-36H,19-20H2,1-6H3,(H2,41,43,51)(H2,42,44,52). The number of allylic oxidation sites excluding steroid dienone is 2. The van der Waals surface area contributed by atoms with Crippen LogP contribution in [0, 0.1) is 0 Å². The molecule has 0 saturated heterocycles. The van der Waals surface area contributed by atoms with Gasteiger partial charge < -0.3 is 40.2 Å². The van der Waals surface area contributed by atoms with Gasteiger partial charge in [0.05, 0.1) is 35.4 Å². The van der Waals surface area contributed by atoms with Gasteiger partial charge in [0.2, 0.25) is 0 Å². The first-order valence-corrected chi connectivity index (χ1v) is 18.0. The molecule has 12 heteroatoms. The Morgan fingerprint density at radius 3 is 1.38 bits per heavy atom. The fourth-order valence-electron chi connectivity index (χ4n) is 6.62. The van der Waals surface area contributed by atoms with Crippen LogP contribution in [0.15, 0.2) is 95.3 Å². The van der Waals surface area contributed by atoms with Crippen LogP contribution in [0.4, 0.5) is 0 Å². The molecule has 0 aliphatic carbocycles. The number of benzene rings is 4. The lowest BCUT2D eigenvalue weighted by atomic mass is 9.90. The number of ether oxygens (including phenoxy) is 4. The summed E-state index contributed by atoms with van der Waals surface area (Å²) in [4.78, 5) is 26.9. The molecule has 2 aliphatic rings. The predicted molar refractivity (Wildman–Crippen MR) is 210 cm³/mol. The van der Waals surface area contributed by atoms with Crippen molar-refractivity contribution in [2.45, 2.75) is 65.8 Å². The molecule has 4 aromatic rings. The Balaban J connectivity index is 1.33. The van der Waals surface area contributed by atoms with Crippen LogP contribution in [-0.4, -0.2) is 47.6 Å². The number of carbonyl (C=O) groups excluding carboxylic acids is 2. The average molecular weight is 739 g/mol. The summed E-state index contributed by atoms with van der Waals surface area (Å²) < 4.78 is 24.3. The second-order valence-electron chi connectivity index (χ2n) is 13.1. The number of hydrogen-bond donors (Lipinski definition) is 4. The molecule has 0 saturated carbocycles. The fraction of sp³-hybridized carbons (Fsp3) is 0.300. The van der Waals surface area contributed by atoms with Gasteiger partial charge in [0.1, 0.15) is 24.7 Å². The van der Waals surface area contributed by atoms with Crippen molar-refractivity contribution >= 4 is 68.1 Å². The van der Waals surface area contributed by atoms with Crippen molar-refractivity contribution in [3.63, 3.8) is 0 Å². The summed E-state index contributed by atoms with van der Waals surface area (Å²) in [5.41, 5.74) is 3.57. The van der Waals surface area contributed by atoms with Crippen molar-refractivity contribution in [1.82, 2.24) is 21.3 Å². The zero-order chi connectivity index (χ0) is 37.1. The van der Waals surface area contributed by atoms with Crippen molar-refractivity contribution in [2.24, 2.45) is 0 Å². The Morgan fingerprint density at radius 1 is 0.615 bits per heavy atom. The highest BCUT2D eigenvalue weighted by molar-refractivity contribution is 7.80. The lowest BCUT2D eigenvalue weighted by molar-refractivity contribution is -0.144. The van der Waals surface area contributed by atoms with E-state index >= 15 is 0 Å². The molecule has 2 unspecified atom stereocenters. The number of carbonyl (C=O) groups is 2. The van der Waals surface area contributed by atoms with Crippen LogP contribution >= 0.6 is 24.4 Å².